The summed E-state index contributed by atoms with van der Waals surface area (Å²) in [5, 5.41) is 0. The van der Waals surface area contributed by atoms with Gasteiger partial charge in [0.25, 0.3) is 5.91 Å². The number of halogens is 1. The van der Waals surface area contributed by atoms with E-state index in [2.05, 4.69) is 30.9 Å². The second kappa shape index (κ2) is 8.01. The van der Waals surface area contributed by atoms with Crippen LogP contribution in [0.1, 0.15) is 19.4 Å². The molecule has 0 spiro atoms. The van der Waals surface area contributed by atoms with Gasteiger partial charge in [-0.15, -0.1) is 0 Å². The van der Waals surface area contributed by atoms with E-state index in [9.17, 15) is 9.18 Å². The Labute approximate surface area is 162 Å². The van der Waals surface area contributed by atoms with Crippen LogP contribution in [0.15, 0.2) is 53.4 Å². The SMILES string of the molecule is CCN(CC)c1ccc(/C=C2\SC(=S)N(c3ccc(F)cc3)C2=O)cc1. The van der Waals surface area contributed by atoms with E-state index in [0.717, 1.165) is 24.3 Å². The molecule has 1 aliphatic rings. The average Bonchev–Trinajstić information content (AvgIpc) is 2.92. The van der Waals surface area contributed by atoms with Crippen molar-refractivity contribution in [3.63, 3.8) is 0 Å². The third-order valence-electron chi connectivity index (χ3n) is 4.20. The Hall–Kier alpha value is -2.18. The third-order valence-corrected chi connectivity index (χ3v) is 5.50. The van der Waals surface area contributed by atoms with E-state index in [4.69, 9.17) is 12.2 Å². The number of benzene rings is 2. The lowest BCUT2D eigenvalue weighted by Crippen LogP contribution is -2.27. The van der Waals surface area contributed by atoms with Gasteiger partial charge in [-0.3, -0.25) is 9.69 Å². The van der Waals surface area contributed by atoms with Crippen LogP contribution in [0.4, 0.5) is 15.8 Å². The van der Waals surface area contributed by atoms with Crippen molar-refractivity contribution in [3.05, 3.63) is 64.8 Å². The van der Waals surface area contributed by atoms with E-state index in [0.29, 0.717) is 14.9 Å². The van der Waals surface area contributed by atoms with E-state index in [1.54, 1.807) is 12.1 Å². The number of hydrogen-bond acceptors (Lipinski definition) is 4. The Balaban J connectivity index is 1.82. The van der Waals surface area contributed by atoms with Gasteiger partial charge in [-0.1, -0.05) is 36.1 Å². The maximum absolute atomic E-state index is 13.1. The average molecular weight is 387 g/mol. The fraction of sp³-hybridized carbons (Fsp3) is 0.200. The summed E-state index contributed by atoms with van der Waals surface area (Å²) in [7, 11) is 0. The summed E-state index contributed by atoms with van der Waals surface area (Å²) >= 11 is 6.60. The standard InChI is InChI=1S/C20H19FN2OS2/c1-3-22(4-2)16-9-5-14(6-10-16)13-18-19(24)23(20(25)26-18)17-11-7-15(21)8-12-17/h5-13H,3-4H2,1-2H3/b18-13-. The first-order valence-corrected chi connectivity index (χ1v) is 9.64. The highest BCUT2D eigenvalue weighted by molar-refractivity contribution is 8.27. The second-order valence-electron chi connectivity index (χ2n) is 5.76. The molecule has 6 heteroatoms. The van der Waals surface area contributed by atoms with Crippen molar-refractivity contribution < 1.29 is 9.18 Å². The lowest BCUT2D eigenvalue weighted by atomic mass is 10.1. The minimum Gasteiger partial charge on any atom is -0.372 e. The van der Waals surface area contributed by atoms with Crippen LogP contribution in [-0.2, 0) is 4.79 Å². The summed E-state index contributed by atoms with van der Waals surface area (Å²) < 4.78 is 13.6. The monoisotopic (exact) mass is 386 g/mol. The molecule has 0 bridgehead atoms. The lowest BCUT2D eigenvalue weighted by molar-refractivity contribution is -0.113. The Morgan fingerprint density at radius 1 is 1.08 bits per heavy atom. The molecule has 134 valence electrons. The molecule has 1 saturated heterocycles. The lowest BCUT2D eigenvalue weighted by Gasteiger charge is -2.20. The van der Waals surface area contributed by atoms with Crippen LogP contribution >= 0.6 is 24.0 Å². The highest BCUT2D eigenvalue weighted by Gasteiger charge is 2.33. The number of carbonyl (C=O) groups is 1. The predicted octanol–water partition coefficient (Wildman–Crippen LogP) is 5.08. The molecule has 0 atom stereocenters. The fourth-order valence-electron chi connectivity index (χ4n) is 2.80. The minimum absolute atomic E-state index is 0.181. The van der Waals surface area contributed by atoms with Crippen LogP contribution in [0.3, 0.4) is 0 Å². The number of rotatable bonds is 5. The quantitative estimate of drug-likeness (QED) is 0.528. The molecule has 1 amide bonds. The van der Waals surface area contributed by atoms with Gasteiger partial charge in [0.2, 0.25) is 0 Å². The maximum atomic E-state index is 13.1. The van der Waals surface area contributed by atoms with Crippen molar-refractivity contribution in [1.82, 2.24) is 0 Å². The Morgan fingerprint density at radius 2 is 1.69 bits per heavy atom. The molecular weight excluding hydrogens is 367 g/mol. The van der Waals surface area contributed by atoms with E-state index in [-0.39, 0.29) is 11.7 Å². The first-order valence-electron chi connectivity index (χ1n) is 8.42. The number of anilines is 2. The Bertz CT molecular complexity index is 843. The minimum atomic E-state index is -0.344. The normalized spacial score (nSPS) is 15.8. The molecular formula is C20H19FN2OS2. The van der Waals surface area contributed by atoms with Crippen molar-refractivity contribution in [2.75, 3.05) is 22.9 Å². The van der Waals surface area contributed by atoms with Gasteiger partial charge in [-0.25, -0.2) is 4.39 Å². The van der Waals surface area contributed by atoms with Gasteiger partial charge >= 0.3 is 0 Å². The molecule has 3 rings (SSSR count). The molecule has 2 aromatic carbocycles. The summed E-state index contributed by atoms with van der Waals surface area (Å²) in [5.74, 6) is -0.526. The molecule has 0 aliphatic carbocycles. The number of thioether (sulfide) groups is 1. The summed E-state index contributed by atoms with van der Waals surface area (Å²) in [6.45, 7) is 6.15. The first kappa shape index (κ1) is 18.6. The summed E-state index contributed by atoms with van der Waals surface area (Å²) in [6, 6.07) is 13.9. The van der Waals surface area contributed by atoms with Gasteiger partial charge in [0.15, 0.2) is 4.32 Å². The molecule has 26 heavy (non-hydrogen) atoms. The molecule has 1 heterocycles. The first-order chi connectivity index (χ1) is 12.5. The van der Waals surface area contributed by atoms with Crippen LogP contribution in [0.5, 0.6) is 0 Å². The van der Waals surface area contributed by atoms with Crippen LogP contribution in [0.2, 0.25) is 0 Å². The predicted molar refractivity (Wildman–Crippen MR) is 112 cm³/mol. The maximum Gasteiger partial charge on any atom is 0.270 e. The van der Waals surface area contributed by atoms with Crippen LogP contribution < -0.4 is 9.80 Å². The van der Waals surface area contributed by atoms with E-state index in [1.807, 2.05) is 18.2 Å². The molecule has 0 radical (unpaired) electrons. The van der Waals surface area contributed by atoms with Gasteiger partial charge in [0, 0.05) is 18.8 Å². The van der Waals surface area contributed by atoms with Gasteiger partial charge in [-0.05, 0) is 61.9 Å². The Kier molecular flexibility index (Phi) is 5.74. The highest BCUT2D eigenvalue weighted by atomic mass is 32.2. The molecule has 0 saturated carbocycles. The summed E-state index contributed by atoms with van der Waals surface area (Å²) in [6.07, 6.45) is 1.84. The molecule has 1 fully saturated rings. The molecule has 0 aromatic heterocycles. The van der Waals surface area contributed by atoms with Crippen LogP contribution in [-0.4, -0.2) is 23.3 Å². The van der Waals surface area contributed by atoms with Gasteiger partial charge in [0.1, 0.15) is 5.82 Å². The smallest absolute Gasteiger partial charge is 0.270 e. The molecule has 0 unspecified atom stereocenters. The van der Waals surface area contributed by atoms with Crippen molar-refractivity contribution in [2.24, 2.45) is 0 Å². The zero-order valence-corrected chi connectivity index (χ0v) is 16.2. The third kappa shape index (κ3) is 3.81. The van der Waals surface area contributed by atoms with Crippen molar-refractivity contribution >= 4 is 51.7 Å². The van der Waals surface area contributed by atoms with E-state index in [1.165, 1.54) is 28.8 Å². The Morgan fingerprint density at radius 3 is 2.27 bits per heavy atom. The zero-order valence-electron chi connectivity index (χ0n) is 14.6. The molecule has 0 N–H and O–H groups in total. The summed E-state index contributed by atoms with van der Waals surface area (Å²) in [5.41, 5.74) is 2.68. The number of thiocarbonyl (C=S) groups is 1. The second-order valence-corrected chi connectivity index (χ2v) is 7.43. The molecule has 2 aromatic rings. The van der Waals surface area contributed by atoms with Crippen LogP contribution in [0.25, 0.3) is 6.08 Å². The van der Waals surface area contributed by atoms with Crippen molar-refractivity contribution in [2.45, 2.75) is 13.8 Å². The number of hydrogen-bond donors (Lipinski definition) is 0. The molecule has 1 aliphatic heterocycles. The van der Waals surface area contributed by atoms with Gasteiger partial charge < -0.3 is 4.90 Å². The largest absolute Gasteiger partial charge is 0.372 e. The number of nitrogens with zero attached hydrogens (tertiary/aromatic N) is 2. The number of amides is 1. The van der Waals surface area contributed by atoms with E-state index >= 15 is 0 Å². The fourth-order valence-corrected chi connectivity index (χ4v) is 4.10. The highest BCUT2D eigenvalue weighted by Crippen LogP contribution is 2.36. The van der Waals surface area contributed by atoms with Crippen LogP contribution in [0, 0.1) is 5.82 Å². The van der Waals surface area contributed by atoms with Crippen molar-refractivity contribution in [3.8, 4) is 0 Å². The van der Waals surface area contributed by atoms with Gasteiger partial charge in [0.05, 0.1) is 10.6 Å². The molecule has 3 nitrogen and oxygen atoms in total. The van der Waals surface area contributed by atoms with Gasteiger partial charge in [-0.2, -0.15) is 0 Å². The topological polar surface area (TPSA) is 23.6 Å². The van der Waals surface area contributed by atoms with E-state index < -0.39 is 0 Å². The zero-order chi connectivity index (χ0) is 18.7. The number of carbonyl (C=O) groups excluding carboxylic acids is 1. The summed E-state index contributed by atoms with van der Waals surface area (Å²) in [4.78, 5) is 17.0. The van der Waals surface area contributed by atoms with Crippen molar-refractivity contribution in [1.29, 1.82) is 0 Å².